The molecule has 0 bridgehead atoms. The largest absolute Gasteiger partial charge is 0.311 e. The Kier molecular flexibility index (Phi) is 6.76. The monoisotopic (exact) mass is 340 g/mol. The van der Waals surface area contributed by atoms with Gasteiger partial charge in [-0.3, -0.25) is 4.79 Å². The Labute approximate surface area is 146 Å². The molecule has 0 saturated heterocycles. The van der Waals surface area contributed by atoms with Crippen molar-refractivity contribution in [1.82, 2.24) is 9.97 Å². The first-order valence-electron chi connectivity index (χ1n) is 7.82. The second kappa shape index (κ2) is 9.04. The van der Waals surface area contributed by atoms with Gasteiger partial charge in [-0.15, -0.1) is 11.8 Å². The maximum absolute atomic E-state index is 11.9. The molecule has 0 aliphatic rings. The van der Waals surface area contributed by atoms with Gasteiger partial charge in [0.25, 0.3) is 0 Å². The molecule has 0 radical (unpaired) electrons. The zero-order valence-corrected chi connectivity index (χ0v) is 14.6. The third-order valence-corrected chi connectivity index (χ3v) is 4.15. The van der Waals surface area contributed by atoms with Gasteiger partial charge in [0, 0.05) is 24.1 Å². The first-order chi connectivity index (χ1) is 11.6. The molecule has 0 fully saturated rings. The SMILES string of the molecule is CC(C)Cc1ccc(C#N)c(SCCC(=O)Nc2ccccn2)n1. The lowest BCUT2D eigenvalue weighted by atomic mass is 10.1. The lowest BCUT2D eigenvalue weighted by molar-refractivity contribution is -0.115. The Bertz CT molecular complexity index is 726. The minimum Gasteiger partial charge on any atom is -0.311 e. The smallest absolute Gasteiger partial charge is 0.226 e. The highest BCUT2D eigenvalue weighted by atomic mass is 32.2. The Morgan fingerprint density at radius 3 is 2.83 bits per heavy atom. The van der Waals surface area contributed by atoms with Crippen molar-refractivity contribution >= 4 is 23.5 Å². The van der Waals surface area contributed by atoms with E-state index in [0.29, 0.717) is 34.5 Å². The van der Waals surface area contributed by atoms with Crippen molar-refractivity contribution in [3.05, 3.63) is 47.8 Å². The van der Waals surface area contributed by atoms with Crippen LogP contribution in [-0.4, -0.2) is 21.6 Å². The quantitative estimate of drug-likeness (QED) is 0.778. The second-order valence-electron chi connectivity index (χ2n) is 5.73. The number of carbonyl (C=O) groups is 1. The molecular formula is C18H20N4OS. The van der Waals surface area contributed by atoms with E-state index in [4.69, 9.17) is 0 Å². The summed E-state index contributed by atoms with van der Waals surface area (Å²) in [4.78, 5) is 20.5. The first-order valence-corrected chi connectivity index (χ1v) is 8.80. The summed E-state index contributed by atoms with van der Waals surface area (Å²) in [5, 5.41) is 12.6. The standard InChI is InChI=1S/C18H20N4OS/c1-13(2)11-15-7-6-14(12-19)18(21-15)24-10-8-17(23)22-16-5-3-4-9-20-16/h3-7,9,13H,8,10-11H2,1-2H3,(H,20,22,23). The van der Waals surface area contributed by atoms with E-state index in [-0.39, 0.29) is 5.91 Å². The lowest BCUT2D eigenvalue weighted by Gasteiger charge is -2.08. The van der Waals surface area contributed by atoms with Crippen LogP contribution in [0.1, 0.15) is 31.5 Å². The average molecular weight is 340 g/mol. The van der Waals surface area contributed by atoms with Crippen LogP contribution in [0.5, 0.6) is 0 Å². The van der Waals surface area contributed by atoms with Crippen LogP contribution in [0.25, 0.3) is 0 Å². The molecule has 24 heavy (non-hydrogen) atoms. The Balaban J connectivity index is 1.91. The Morgan fingerprint density at radius 2 is 2.17 bits per heavy atom. The summed E-state index contributed by atoms with van der Waals surface area (Å²) in [7, 11) is 0. The molecule has 2 aromatic heterocycles. The predicted molar refractivity (Wildman–Crippen MR) is 95.7 cm³/mol. The van der Waals surface area contributed by atoms with Gasteiger partial charge in [-0.1, -0.05) is 19.9 Å². The molecule has 5 nitrogen and oxygen atoms in total. The van der Waals surface area contributed by atoms with E-state index in [2.05, 4.69) is 35.2 Å². The van der Waals surface area contributed by atoms with Gasteiger partial charge in [-0.2, -0.15) is 5.26 Å². The van der Waals surface area contributed by atoms with Crippen molar-refractivity contribution in [2.24, 2.45) is 5.92 Å². The van der Waals surface area contributed by atoms with E-state index < -0.39 is 0 Å². The minimum absolute atomic E-state index is 0.0990. The Morgan fingerprint density at radius 1 is 1.33 bits per heavy atom. The molecule has 0 saturated carbocycles. The molecule has 1 amide bonds. The number of nitriles is 1. The molecule has 0 atom stereocenters. The number of hydrogen-bond donors (Lipinski definition) is 1. The zero-order valence-electron chi connectivity index (χ0n) is 13.8. The predicted octanol–water partition coefficient (Wildman–Crippen LogP) is 3.67. The number of amides is 1. The van der Waals surface area contributed by atoms with Crippen molar-refractivity contribution in [2.75, 3.05) is 11.1 Å². The van der Waals surface area contributed by atoms with E-state index in [9.17, 15) is 10.1 Å². The third-order valence-electron chi connectivity index (χ3n) is 3.16. The summed E-state index contributed by atoms with van der Waals surface area (Å²) >= 11 is 1.44. The molecule has 2 rings (SSSR count). The molecular weight excluding hydrogens is 320 g/mol. The molecule has 0 aliphatic carbocycles. The Hall–Kier alpha value is -2.39. The van der Waals surface area contributed by atoms with Crippen LogP contribution in [-0.2, 0) is 11.2 Å². The van der Waals surface area contributed by atoms with Crippen molar-refractivity contribution in [3.8, 4) is 6.07 Å². The fourth-order valence-corrected chi connectivity index (χ4v) is 3.02. The van der Waals surface area contributed by atoms with Gasteiger partial charge in [0.2, 0.25) is 5.91 Å². The van der Waals surface area contributed by atoms with Gasteiger partial charge >= 0.3 is 0 Å². The summed E-state index contributed by atoms with van der Waals surface area (Å²) in [6.07, 6.45) is 2.84. The fourth-order valence-electron chi connectivity index (χ4n) is 2.09. The summed E-state index contributed by atoms with van der Waals surface area (Å²) in [6, 6.07) is 11.2. The number of nitrogens with zero attached hydrogens (tertiary/aromatic N) is 3. The van der Waals surface area contributed by atoms with Crippen LogP contribution >= 0.6 is 11.8 Å². The maximum Gasteiger partial charge on any atom is 0.226 e. The normalized spacial score (nSPS) is 10.4. The third kappa shape index (κ3) is 5.67. The second-order valence-corrected chi connectivity index (χ2v) is 6.81. The van der Waals surface area contributed by atoms with Gasteiger partial charge in [-0.25, -0.2) is 9.97 Å². The van der Waals surface area contributed by atoms with Crippen molar-refractivity contribution in [3.63, 3.8) is 0 Å². The van der Waals surface area contributed by atoms with Crippen LogP contribution in [0.3, 0.4) is 0 Å². The van der Waals surface area contributed by atoms with E-state index in [1.165, 1.54) is 11.8 Å². The minimum atomic E-state index is -0.0990. The van der Waals surface area contributed by atoms with Crippen molar-refractivity contribution in [1.29, 1.82) is 5.26 Å². The maximum atomic E-state index is 11.9. The highest BCUT2D eigenvalue weighted by Crippen LogP contribution is 2.22. The summed E-state index contributed by atoms with van der Waals surface area (Å²) in [5.41, 5.74) is 1.53. The van der Waals surface area contributed by atoms with Gasteiger partial charge in [0.15, 0.2) is 0 Å². The summed E-state index contributed by atoms with van der Waals surface area (Å²) in [5.74, 6) is 1.51. The fraction of sp³-hybridized carbons (Fsp3) is 0.333. The molecule has 1 N–H and O–H groups in total. The summed E-state index contributed by atoms with van der Waals surface area (Å²) < 4.78 is 0. The molecule has 124 valence electrons. The van der Waals surface area contributed by atoms with Crippen LogP contribution < -0.4 is 5.32 Å². The lowest BCUT2D eigenvalue weighted by Crippen LogP contribution is -2.13. The van der Waals surface area contributed by atoms with Crippen molar-refractivity contribution in [2.45, 2.75) is 31.7 Å². The molecule has 0 unspecified atom stereocenters. The van der Waals surface area contributed by atoms with E-state index in [1.807, 2.05) is 12.1 Å². The van der Waals surface area contributed by atoms with Crippen LogP contribution in [0.4, 0.5) is 5.82 Å². The number of carbonyl (C=O) groups excluding carboxylic acids is 1. The molecule has 0 aliphatic heterocycles. The topological polar surface area (TPSA) is 78.7 Å². The summed E-state index contributed by atoms with van der Waals surface area (Å²) in [6.45, 7) is 4.27. The van der Waals surface area contributed by atoms with Gasteiger partial charge in [-0.05, 0) is 36.6 Å². The number of aromatic nitrogens is 2. The highest BCUT2D eigenvalue weighted by Gasteiger charge is 2.09. The number of nitrogens with one attached hydrogen (secondary N) is 1. The first kappa shape index (κ1) is 18.0. The number of thioether (sulfide) groups is 1. The van der Waals surface area contributed by atoms with E-state index in [0.717, 1.165) is 12.1 Å². The zero-order chi connectivity index (χ0) is 17.4. The van der Waals surface area contributed by atoms with Gasteiger partial charge < -0.3 is 5.32 Å². The number of anilines is 1. The molecule has 0 aromatic carbocycles. The van der Waals surface area contributed by atoms with E-state index >= 15 is 0 Å². The van der Waals surface area contributed by atoms with Crippen molar-refractivity contribution < 1.29 is 4.79 Å². The average Bonchev–Trinajstić information content (AvgIpc) is 2.55. The molecule has 0 spiro atoms. The van der Waals surface area contributed by atoms with Crippen LogP contribution in [0.15, 0.2) is 41.6 Å². The highest BCUT2D eigenvalue weighted by molar-refractivity contribution is 7.99. The molecule has 2 heterocycles. The molecule has 2 aromatic rings. The number of pyridine rings is 2. The van der Waals surface area contributed by atoms with Crippen LogP contribution in [0, 0.1) is 17.2 Å². The molecule has 6 heteroatoms. The van der Waals surface area contributed by atoms with Gasteiger partial charge in [0.05, 0.1) is 5.56 Å². The number of hydrogen-bond acceptors (Lipinski definition) is 5. The van der Waals surface area contributed by atoms with Crippen LogP contribution in [0.2, 0.25) is 0 Å². The van der Waals surface area contributed by atoms with Gasteiger partial charge in [0.1, 0.15) is 16.9 Å². The van der Waals surface area contributed by atoms with E-state index in [1.54, 1.807) is 24.4 Å². The number of rotatable bonds is 7.